The third-order valence-corrected chi connectivity index (χ3v) is 3.56. The topological polar surface area (TPSA) is 89.3 Å². The highest BCUT2D eigenvalue weighted by atomic mass is 16.5. The molecule has 3 aromatic rings. The largest absolute Gasteiger partial charge is 0.506 e. The fourth-order valence-corrected chi connectivity index (χ4v) is 2.29. The molecule has 0 unspecified atom stereocenters. The van der Waals surface area contributed by atoms with Crippen LogP contribution in [-0.2, 0) is 0 Å². The number of phenolic OH excluding ortho intramolecular Hbond substituents is 1. The number of methoxy groups -OCH3 is 1. The summed E-state index contributed by atoms with van der Waals surface area (Å²) in [5, 5.41) is 20.4. The second-order valence-corrected chi connectivity index (χ2v) is 5.11. The molecule has 0 radical (unpaired) electrons. The second-order valence-electron chi connectivity index (χ2n) is 5.11. The number of carbonyl (C=O) groups excluding carboxylic acids is 1. The molecule has 0 saturated carbocycles. The minimum atomic E-state index is -0.442. The second kappa shape index (κ2) is 6.41. The van der Waals surface area contributed by atoms with Crippen molar-refractivity contribution in [2.24, 2.45) is 0 Å². The zero-order chi connectivity index (χ0) is 17.1. The first kappa shape index (κ1) is 15.5. The van der Waals surface area contributed by atoms with Gasteiger partial charge in [0.15, 0.2) is 5.69 Å². The Morgan fingerprint density at radius 1 is 1.21 bits per heavy atom. The first-order valence-electron chi connectivity index (χ1n) is 7.26. The number of nitrogens with one attached hydrogen (secondary N) is 1. The Balaban J connectivity index is 1.89. The van der Waals surface area contributed by atoms with Crippen molar-refractivity contribution in [3.8, 4) is 17.2 Å². The van der Waals surface area contributed by atoms with E-state index in [-0.39, 0.29) is 11.4 Å². The number of aromatic hydroxyl groups is 1. The van der Waals surface area contributed by atoms with Gasteiger partial charge in [-0.15, -0.1) is 5.10 Å². The number of hydrogen-bond acceptors (Lipinski definition) is 5. The number of nitrogens with zero attached hydrogens (tertiary/aromatic N) is 3. The van der Waals surface area contributed by atoms with Gasteiger partial charge in [0.25, 0.3) is 5.91 Å². The summed E-state index contributed by atoms with van der Waals surface area (Å²) < 4.78 is 6.75. The summed E-state index contributed by atoms with van der Waals surface area (Å²) in [4.78, 5) is 12.4. The highest BCUT2D eigenvalue weighted by Crippen LogP contribution is 2.23. The van der Waals surface area contributed by atoms with Gasteiger partial charge < -0.3 is 15.2 Å². The number of para-hydroxylation sites is 2. The van der Waals surface area contributed by atoms with Crippen molar-refractivity contribution in [1.82, 2.24) is 15.0 Å². The summed E-state index contributed by atoms with van der Waals surface area (Å²) in [6.07, 6.45) is 0. The number of amides is 1. The van der Waals surface area contributed by atoms with E-state index in [0.29, 0.717) is 17.1 Å². The molecule has 122 valence electrons. The molecule has 0 aliphatic carbocycles. The molecule has 24 heavy (non-hydrogen) atoms. The number of carbonyl (C=O) groups is 1. The van der Waals surface area contributed by atoms with Crippen LogP contribution in [0.25, 0.3) is 5.69 Å². The van der Waals surface area contributed by atoms with E-state index in [0.717, 1.165) is 5.69 Å². The Hall–Kier alpha value is -3.35. The molecule has 1 heterocycles. The molecule has 7 nitrogen and oxygen atoms in total. The van der Waals surface area contributed by atoms with Crippen LogP contribution in [-0.4, -0.2) is 33.1 Å². The van der Waals surface area contributed by atoms with E-state index in [2.05, 4.69) is 15.6 Å². The SMILES string of the molecule is COc1cccc(-n2nnc(C(=O)Nc3ccccc3O)c2C)c1. The van der Waals surface area contributed by atoms with Crippen molar-refractivity contribution in [3.63, 3.8) is 0 Å². The van der Waals surface area contributed by atoms with E-state index in [9.17, 15) is 9.90 Å². The monoisotopic (exact) mass is 324 g/mol. The number of aromatic nitrogens is 3. The van der Waals surface area contributed by atoms with Gasteiger partial charge in [-0.25, -0.2) is 4.68 Å². The average Bonchev–Trinajstić information content (AvgIpc) is 2.98. The van der Waals surface area contributed by atoms with Gasteiger partial charge in [0.05, 0.1) is 24.2 Å². The van der Waals surface area contributed by atoms with Crippen LogP contribution < -0.4 is 10.1 Å². The molecule has 2 aromatic carbocycles. The highest BCUT2D eigenvalue weighted by Gasteiger charge is 2.18. The normalized spacial score (nSPS) is 10.4. The summed E-state index contributed by atoms with van der Waals surface area (Å²) in [6.45, 7) is 1.75. The van der Waals surface area contributed by atoms with Crippen LogP contribution in [0.15, 0.2) is 48.5 Å². The predicted octanol–water partition coefficient (Wildman–Crippen LogP) is 2.54. The van der Waals surface area contributed by atoms with Crippen LogP contribution in [0.4, 0.5) is 5.69 Å². The maximum absolute atomic E-state index is 12.4. The molecule has 3 rings (SSSR count). The van der Waals surface area contributed by atoms with Crippen LogP contribution in [0.1, 0.15) is 16.2 Å². The number of rotatable bonds is 4. The van der Waals surface area contributed by atoms with E-state index in [1.54, 1.807) is 43.0 Å². The minimum Gasteiger partial charge on any atom is -0.506 e. The lowest BCUT2D eigenvalue weighted by Crippen LogP contribution is -2.14. The predicted molar refractivity (Wildman–Crippen MR) is 88.7 cm³/mol. The Bertz CT molecular complexity index is 889. The summed E-state index contributed by atoms with van der Waals surface area (Å²) in [5.74, 6) is 0.231. The first-order chi connectivity index (χ1) is 11.6. The Labute approximate surface area is 138 Å². The van der Waals surface area contributed by atoms with Crippen LogP contribution in [0.3, 0.4) is 0 Å². The standard InChI is InChI=1S/C17H16N4O3/c1-11-16(17(23)18-14-8-3-4-9-15(14)22)19-20-21(11)12-6-5-7-13(10-12)24-2/h3-10,22H,1-2H3,(H,18,23). The Morgan fingerprint density at radius 2 is 2.00 bits per heavy atom. The van der Waals surface area contributed by atoms with Crippen molar-refractivity contribution >= 4 is 11.6 Å². The minimum absolute atomic E-state index is 0.0105. The van der Waals surface area contributed by atoms with Gasteiger partial charge in [-0.3, -0.25) is 4.79 Å². The van der Waals surface area contributed by atoms with Gasteiger partial charge in [-0.1, -0.05) is 23.4 Å². The number of ether oxygens (including phenoxy) is 1. The molecule has 0 bridgehead atoms. The Morgan fingerprint density at radius 3 is 2.75 bits per heavy atom. The van der Waals surface area contributed by atoms with Gasteiger partial charge in [0, 0.05) is 6.07 Å². The third kappa shape index (κ3) is 2.91. The fraction of sp³-hybridized carbons (Fsp3) is 0.118. The zero-order valence-electron chi connectivity index (χ0n) is 13.2. The van der Waals surface area contributed by atoms with E-state index < -0.39 is 5.91 Å². The summed E-state index contributed by atoms with van der Waals surface area (Å²) in [7, 11) is 1.58. The number of anilines is 1. The molecule has 0 saturated heterocycles. The summed E-state index contributed by atoms with van der Waals surface area (Å²) >= 11 is 0. The van der Waals surface area contributed by atoms with Crippen LogP contribution >= 0.6 is 0 Å². The summed E-state index contributed by atoms with van der Waals surface area (Å²) in [5.41, 5.74) is 1.82. The average molecular weight is 324 g/mol. The van der Waals surface area contributed by atoms with Gasteiger partial charge in [0.1, 0.15) is 11.5 Å². The van der Waals surface area contributed by atoms with Crippen LogP contribution in [0, 0.1) is 6.92 Å². The van der Waals surface area contributed by atoms with E-state index in [4.69, 9.17) is 4.74 Å². The van der Waals surface area contributed by atoms with Crippen molar-refractivity contribution in [1.29, 1.82) is 0 Å². The number of hydrogen-bond donors (Lipinski definition) is 2. The van der Waals surface area contributed by atoms with E-state index in [1.165, 1.54) is 6.07 Å². The zero-order valence-corrected chi connectivity index (χ0v) is 13.2. The van der Waals surface area contributed by atoms with Crippen molar-refractivity contribution < 1.29 is 14.6 Å². The summed E-state index contributed by atoms with van der Waals surface area (Å²) in [6, 6.07) is 13.8. The molecule has 2 N–H and O–H groups in total. The molecule has 1 amide bonds. The smallest absolute Gasteiger partial charge is 0.278 e. The fourth-order valence-electron chi connectivity index (χ4n) is 2.29. The van der Waals surface area contributed by atoms with Gasteiger partial charge in [-0.05, 0) is 31.2 Å². The molecular weight excluding hydrogens is 308 g/mol. The number of phenols is 1. The molecule has 0 atom stereocenters. The molecule has 0 spiro atoms. The van der Waals surface area contributed by atoms with Gasteiger partial charge in [0.2, 0.25) is 0 Å². The lowest BCUT2D eigenvalue weighted by Gasteiger charge is -2.07. The maximum atomic E-state index is 12.4. The number of benzene rings is 2. The van der Waals surface area contributed by atoms with Crippen LogP contribution in [0.5, 0.6) is 11.5 Å². The maximum Gasteiger partial charge on any atom is 0.278 e. The van der Waals surface area contributed by atoms with Crippen molar-refractivity contribution in [2.45, 2.75) is 6.92 Å². The van der Waals surface area contributed by atoms with Gasteiger partial charge in [-0.2, -0.15) is 0 Å². The van der Waals surface area contributed by atoms with Crippen molar-refractivity contribution in [3.05, 3.63) is 59.9 Å². The molecule has 0 aliphatic rings. The van der Waals surface area contributed by atoms with Gasteiger partial charge >= 0.3 is 0 Å². The lowest BCUT2D eigenvalue weighted by molar-refractivity contribution is 0.102. The molecule has 1 aromatic heterocycles. The van der Waals surface area contributed by atoms with E-state index in [1.807, 2.05) is 18.2 Å². The third-order valence-electron chi connectivity index (χ3n) is 3.56. The Kier molecular flexibility index (Phi) is 4.15. The van der Waals surface area contributed by atoms with Crippen molar-refractivity contribution in [2.75, 3.05) is 12.4 Å². The molecule has 0 aliphatic heterocycles. The molecule has 7 heteroatoms. The highest BCUT2D eigenvalue weighted by molar-refractivity contribution is 6.04. The van der Waals surface area contributed by atoms with Crippen LogP contribution in [0.2, 0.25) is 0 Å². The molecule has 0 fully saturated rings. The quantitative estimate of drug-likeness (QED) is 0.720. The van der Waals surface area contributed by atoms with E-state index >= 15 is 0 Å². The first-order valence-corrected chi connectivity index (χ1v) is 7.26. The lowest BCUT2D eigenvalue weighted by atomic mass is 10.2. The molecular formula is C17H16N4O3.